The maximum absolute atomic E-state index is 13.4. The van der Waals surface area contributed by atoms with Gasteiger partial charge in [-0.25, -0.2) is 8.42 Å². The monoisotopic (exact) mass is 486 g/mol. The lowest BCUT2D eigenvalue weighted by Crippen LogP contribution is -2.43. The highest BCUT2D eigenvalue weighted by molar-refractivity contribution is 7.89. The van der Waals surface area contributed by atoms with Gasteiger partial charge in [0.25, 0.3) is 0 Å². The van der Waals surface area contributed by atoms with Gasteiger partial charge >= 0.3 is 0 Å². The van der Waals surface area contributed by atoms with E-state index in [9.17, 15) is 13.2 Å². The molecule has 1 heterocycles. The predicted molar refractivity (Wildman–Crippen MR) is 137 cm³/mol. The van der Waals surface area contributed by atoms with Crippen LogP contribution in [0, 0.1) is 5.92 Å². The number of nitrogens with zero attached hydrogens (tertiary/aromatic N) is 1. The van der Waals surface area contributed by atoms with Crippen molar-refractivity contribution in [2.75, 3.05) is 18.4 Å². The molecular formula is C28H26N2O4S. The maximum atomic E-state index is 13.4. The van der Waals surface area contributed by atoms with E-state index in [-0.39, 0.29) is 17.3 Å². The van der Waals surface area contributed by atoms with Crippen molar-refractivity contribution in [1.29, 1.82) is 0 Å². The first-order valence-electron chi connectivity index (χ1n) is 11.6. The number of para-hydroxylation sites is 3. The Morgan fingerprint density at radius 1 is 0.857 bits per heavy atom. The molecule has 4 aromatic rings. The van der Waals surface area contributed by atoms with Crippen molar-refractivity contribution in [2.45, 2.75) is 17.7 Å². The number of sulfonamides is 1. The van der Waals surface area contributed by atoms with E-state index < -0.39 is 15.9 Å². The Morgan fingerprint density at radius 3 is 2.40 bits per heavy atom. The predicted octanol–water partition coefficient (Wildman–Crippen LogP) is 5.67. The third-order valence-corrected chi connectivity index (χ3v) is 8.09. The standard InChI is InChI=1S/C28H26N2O4S/c31-28(29-26-14-6-7-15-27(26)34-24-12-2-1-3-13-24)23-11-8-18-30(20-23)35(32,33)25-17-16-21-9-4-5-10-22(21)19-25/h1-7,9-10,12-17,19,23H,8,11,18,20H2,(H,29,31)/t23-/m1/s1. The van der Waals surface area contributed by atoms with Crippen LogP contribution in [-0.4, -0.2) is 31.7 Å². The minimum atomic E-state index is -3.71. The molecule has 1 aliphatic heterocycles. The summed E-state index contributed by atoms with van der Waals surface area (Å²) in [6.45, 7) is 0.537. The molecule has 1 fully saturated rings. The second-order valence-corrected chi connectivity index (χ2v) is 10.5. The van der Waals surface area contributed by atoms with Gasteiger partial charge < -0.3 is 10.1 Å². The summed E-state index contributed by atoms with van der Waals surface area (Å²) in [5.41, 5.74) is 0.552. The number of piperidine rings is 1. The molecular weight excluding hydrogens is 460 g/mol. The van der Waals surface area contributed by atoms with Crippen LogP contribution in [0.4, 0.5) is 5.69 Å². The van der Waals surface area contributed by atoms with Gasteiger partial charge in [0.1, 0.15) is 5.75 Å². The van der Waals surface area contributed by atoms with E-state index in [1.54, 1.807) is 24.3 Å². The third kappa shape index (κ3) is 5.06. The molecule has 35 heavy (non-hydrogen) atoms. The zero-order valence-electron chi connectivity index (χ0n) is 19.1. The van der Waals surface area contributed by atoms with Crippen LogP contribution in [0.3, 0.4) is 0 Å². The van der Waals surface area contributed by atoms with Crippen molar-refractivity contribution in [2.24, 2.45) is 5.92 Å². The zero-order chi connectivity index (χ0) is 24.3. The van der Waals surface area contributed by atoms with E-state index in [0.29, 0.717) is 36.6 Å². The molecule has 1 saturated heterocycles. The number of carbonyl (C=O) groups is 1. The first-order valence-corrected chi connectivity index (χ1v) is 13.1. The van der Waals surface area contributed by atoms with Gasteiger partial charge in [-0.3, -0.25) is 4.79 Å². The molecule has 0 aliphatic carbocycles. The molecule has 0 saturated carbocycles. The van der Waals surface area contributed by atoms with E-state index >= 15 is 0 Å². The average molecular weight is 487 g/mol. The Morgan fingerprint density at radius 2 is 1.57 bits per heavy atom. The fourth-order valence-electron chi connectivity index (χ4n) is 4.36. The number of rotatable bonds is 6. The molecule has 0 radical (unpaired) electrons. The summed E-state index contributed by atoms with van der Waals surface area (Å²) in [5, 5.41) is 4.81. The van der Waals surface area contributed by atoms with Crippen LogP contribution in [0.15, 0.2) is 102 Å². The van der Waals surface area contributed by atoms with Crippen LogP contribution >= 0.6 is 0 Å². The van der Waals surface area contributed by atoms with Crippen LogP contribution in [0.5, 0.6) is 11.5 Å². The van der Waals surface area contributed by atoms with Crippen LogP contribution in [0.2, 0.25) is 0 Å². The number of ether oxygens (including phenoxy) is 1. The van der Waals surface area contributed by atoms with Crippen molar-refractivity contribution in [3.8, 4) is 11.5 Å². The maximum Gasteiger partial charge on any atom is 0.243 e. The molecule has 7 heteroatoms. The second kappa shape index (κ2) is 9.90. The Kier molecular flexibility index (Phi) is 6.53. The summed E-state index contributed by atoms with van der Waals surface area (Å²) < 4.78 is 34.2. The number of benzene rings is 4. The van der Waals surface area contributed by atoms with Gasteiger partial charge in [0.15, 0.2) is 5.75 Å². The van der Waals surface area contributed by atoms with Crippen LogP contribution in [0.25, 0.3) is 10.8 Å². The third-order valence-electron chi connectivity index (χ3n) is 6.23. The number of amides is 1. The van der Waals surface area contributed by atoms with E-state index in [4.69, 9.17) is 4.74 Å². The first kappa shape index (κ1) is 23.1. The van der Waals surface area contributed by atoms with Gasteiger partial charge in [-0.2, -0.15) is 4.31 Å². The summed E-state index contributed by atoms with van der Waals surface area (Å²) >= 11 is 0. The molecule has 0 bridgehead atoms. The second-order valence-electron chi connectivity index (χ2n) is 8.61. The number of anilines is 1. The largest absolute Gasteiger partial charge is 0.455 e. The van der Waals surface area contributed by atoms with Gasteiger partial charge in [-0.15, -0.1) is 0 Å². The Balaban J connectivity index is 1.31. The molecule has 5 rings (SSSR count). The Bertz CT molecular complexity index is 1450. The SMILES string of the molecule is O=C(Nc1ccccc1Oc1ccccc1)[C@@H]1CCCN(S(=O)(=O)c2ccc3ccccc3c2)C1. The van der Waals surface area contributed by atoms with Crippen LogP contribution in [-0.2, 0) is 14.8 Å². The van der Waals surface area contributed by atoms with Crippen LogP contribution in [0.1, 0.15) is 12.8 Å². The molecule has 1 aliphatic rings. The molecule has 6 nitrogen and oxygen atoms in total. The number of nitrogens with one attached hydrogen (secondary N) is 1. The van der Waals surface area contributed by atoms with E-state index in [1.807, 2.05) is 72.8 Å². The van der Waals surface area contributed by atoms with Gasteiger partial charge in [0.05, 0.1) is 16.5 Å². The normalized spacial score (nSPS) is 16.6. The van der Waals surface area contributed by atoms with Gasteiger partial charge in [-0.05, 0) is 60.0 Å². The molecule has 1 amide bonds. The highest BCUT2D eigenvalue weighted by atomic mass is 32.2. The van der Waals surface area contributed by atoms with Crippen molar-refractivity contribution in [3.63, 3.8) is 0 Å². The number of hydrogen-bond acceptors (Lipinski definition) is 4. The molecule has 178 valence electrons. The summed E-state index contributed by atoms with van der Waals surface area (Å²) in [6.07, 6.45) is 1.24. The average Bonchev–Trinajstić information content (AvgIpc) is 2.90. The quantitative estimate of drug-likeness (QED) is 0.381. The highest BCUT2D eigenvalue weighted by Gasteiger charge is 2.33. The summed E-state index contributed by atoms with van der Waals surface area (Å²) in [4.78, 5) is 13.4. The lowest BCUT2D eigenvalue weighted by Gasteiger charge is -2.31. The van der Waals surface area contributed by atoms with Crippen molar-refractivity contribution < 1.29 is 17.9 Å². The van der Waals surface area contributed by atoms with E-state index in [0.717, 1.165) is 10.8 Å². The van der Waals surface area contributed by atoms with Gasteiger partial charge in [0, 0.05) is 13.1 Å². The van der Waals surface area contributed by atoms with E-state index in [1.165, 1.54) is 4.31 Å². The van der Waals surface area contributed by atoms with Crippen molar-refractivity contribution in [3.05, 3.63) is 97.1 Å². The molecule has 0 spiro atoms. The lowest BCUT2D eigenvalue weighted by molar-refractivity contribution is -0.120. The summed E-state index contributed by atoms with van der Waals surface area (Å²) in [7, 11) is -3.71. The molecule has 1 N–H and O–H groups in total. The molecule has 4 aromatic carbocycles. The minimum absolute atomic E-state index is 0.142. The minimum Gasteiger partial charge on any atom is -0.455 e. The Labute approximate surface area is 205 Å². The number of hydrogen-bond donors (Lipinski definition) is 1. The molecule has 1 atom stereocenters. The molecule has 0 aromatic heterocycles. The van der Waals surface area contributed by atoms with Gasteiger partial charge in [0.2, 0.25) is 15.9 Å². The van der Waals surface area contributed by atoms with Crippen molar-refractivity contribution in [1.82, 2.24) is 4.31 Å². The van der Waals surface area contributed by atoms with Crippen molar-refractivity contribution >= 4 is 32.4 Å². The first-order chi connectivity index (χ1) is 17.0. The molecule has 0 unspecified atom stereocenters. The summed E-state index contributed by atoms with van der Waals surface area (Å²) in [5.74, 6) is 0.527. The highest BCUT2D eigenvalue weighted by Crippen LogP contribution is 2.31. The number of fused-ring (bicyclic) bond motifs is 1. The topological polar surface area (TPSA) is 75.7 Å². The zero-order valence-corrected chi connectivity index (χ0v) is 19.9. The van der Waals surface area contributed by atoms with E-state index in [2.05, 4.69) is 5.32 Å². The smallest absolute Gasteiger partial charge is 0.243 e. The fraction of sp³-hybridized carbons (Fsp3) is 0.179. The Hall–Kier alpha value is -3.68. The van der Waals surface area contributed by atoms with Gasteiger partial charge in [-0.1, -0.05) is 60.7 Å². The van der Waals surface area contributed by atoms with Crippen LogP contribution < -0.4 is 10.1 Å². The lowest BCUT2D eigenvalue weighted by atomic mass is 9.98. The summed E-state index contributed by atoms with van der Waals surface area (Å²) in [6, 6.07) is 29.4. The number of carbonyl (C=O) groups excluding carboxylic acids is 1. The fourth-order valence-corrected chi connectivity index (χ4v) is 5.92.